The van der Waals surface area contributed by atoms with Gasteiger partial charge in [-0.15, -0.1) is 0 Å². The summed E-state index contributed by atoms with van der Waals surface area (Å²) in [7, 11) is 0. The van der Waals surface area contributed by atoms with Crippen LogP contribution in [-0.4, -0.2) is 11.9 Å². The number of rotatable bonds is 6. The van der Waals surface area contributed by atoms with Crippen molar-refractivity contribution in [1.29, 1.82) is 0 Å². The highest BCUT2D eigenvalue weighted by atomic mass is 16.5. The van der Waals surface area contributed by atoms with Crippen molar-refractivity contribution in [3.63, 3.8) is 0 Å². The zero-order valence-corrected chi connectivity index (χ0v) is 19.2. The maximum atomic E-state index is 11.9. The second kappa shape index (κ2) is 8.83. The van der Waals surface area contributed by atoms with Crippen molar-refractivity contribution < 1.29 is 19.1 Å². The van der Waals surface area contributed by atoms with Crippen LogP contribution in [-0.2, 0) is 9.59 Å². The van der Waals surface area contributed by atoms with Gasteiger partial charge in [0.05, 0.1) is 0 Å². The number of ether oxygens (including phenoxy) is 2. The van der Waals surface area contributed by atoms with E-state index in [1.807, 2.05) is 30.3 Å². The normalized spacial score (nSPS) is 11.3. The number of fused-ring (bicyclic) bond motifs is 3. The zero-order valence-electron chi connectivity index (χ0n) is 19.2. The predicted molar refractivity (Wildman–Crippen MR) is 136 cm³/mol. The average Bonchev–Trinajstić information content (AvgIpc) is 3.10. The van der Waals surface area contributed by atoms with E-state index in [4.69, 9.17) is 9.47 Å². The fourth-order valence-electron chi connectivity index (χ4n) is 3.79. The fraction of sp³-hybridized carbons (Fsp3) is 0.0667. The number of hydrogen-bond donors (Lipinski definition) is 0. The van der Waals surface area contributed by atoms with Crippen LogP contribution in [0.5, 0.6) is 11.5 Å². The molecule has 0 N–H and O–H groups in total. The van der Waals surface area contributed by atoms with E-state index in [9.17, 15) is 9.59 Å². The third kappa shape index (κ3) is 4.14. The Kier molecular flexibility index (Phi) is 5.91. The van der Waals surface area contributed by atoms with E-state index in [-0.39, 0.29) is 0 Å². The molecular formula is C30H24O4. The summed E-state index contributed by atoms with van der Waals surface area (Å²) in [5.74, 6) is -0.0486. The predicted octanol–water partition coefficient (Wildman–Crippen LogP) is 7.00. The molecule has 0 bridgehead atoms. The maximum Gasteiger partial charge on any atom is 0.338 e. The molecule has 0 amide bonds. The Morgan fingerprint density at radius 3 is 1.94 bits per heavy atom. The number of carbonyl (C=O) groups excluding carboxylic acids is 2. The van der Waals surface area contributed by atoms with E-state index in [2.05, 4.69) is 38.4 Å². The topological polar surface area (TPSA) is 52.6 Å². The molecule has 4 nitrogen and oxygen atoms in total. The minimum Gasteiger partial charge on any atom is -0.423 e. The monoisotopic (exact) mass is 448 g/mol. The van der Waals surface area contributed by atoms with E-state index in [0.29, 0.717) is 28.2 Å². The first-order valence-corrected chi connectivity index (χ1v) is 10.7. The van der Waals surface area contributed by atoms with Crippen LogP contribution in [0.2, 0.25) is 0 Å². The molecule has 34 heavy (non-hydrogen) atoms. The summed E-state index contributed by atoms with van der Waals surface area (Å²) in [4.78, 5) is 23.8. The van der Waals surface area contributed by atoms with Gasteiger partial charge in [0.1, 0.15) is 11.5 Å². The van der Waals surface area contributed by atoms with Crippen LogP contribution in [0.4, 0.5) is 0 Å². The lowest BCUT2D eigenvalue weighted by molar-refractivity contribution is -0.130. The summed E-state index contributed by atoms with van der Waals surface area (Å²) < 4.78 is 10.8. The van der Waals surface area contributed by atoms with Gasteiger partial charge >= 0.3 is 11.9 Å². The molecule has 1 aliphatic carbocycles. The Morgan fingerprint density at radius 2 is 1.29 bits per heavy atom. The number of esters is 2. The lowest BCUT2D eigenvalue weighted by atomic mass is 9.97. The molecule has 0 radical (unpaired) electrons. The minimum absolute atomic E-state index is 0.327. The van der Waals surface area contributed by atoms with Crippen molar-refractivity contribution in [2.75, 3.05) is 0 Å². The van der Waals surface area contributed by atoms with Gasteiger partial charge in [0.25, 0.3) is 0 Å². The molecule has 4 heteroatoms. The molecule has 0 spiro atoms. The minimum atomic E-state index is -0.476. The first-order valence-electron chi connectivity index (χ1n) is 10.7. The molecular weight excluding hydrogens is 424 g/mol. The van der Waals surface area contributed by atoms with Gasteiger partial charge in [-0.1, -0.05) is 56.7 Å². The van der Waals surface area contributed by atoms with Gasteiger partial charge in [-0.05, 0) is 83.1 Å². The maximum absolute atomic E-state index is 11.9. The van der Waals surface area contributed by atoms with Crippen molar-refractivity contribution in [2.45, 2.75) is 13.8 Å². The molecule has 0 aliphatic heterocycles. The molecule has 0 saturated carbocycles. The van der Waals surface area contributed by atoms with E-state index in [0.717, 1.165) is 39.0 Å². The average molecular weight is 449 g/mol. The number of hydrogen-bond acceptors (Lipinski definition) is 4. The molecule has 4 rings (SSSR count). The summed E-state index contributed by atoms with van der Waals surface area (Å²) in [5.41, 5.74) is 8.21. The summed E-state index contributed by atoms with van der Waals surface area (Å²) in [6, 6.07) is 17.3. The van der Waals surface area contributed by atoms with Gasteiger partial charge in [0.2, 0.25) is 0 Å². The van der Waals surface area contributed by atoms with Crippen molar-refractivity contribution >= 4 is 23.6 Å². The van der Waals surface area contributed by atoms with E-state index in [1.54, 1.807) is 32.1 Å². The third-order valence-electron chi connectivity index (χ3n) is 5.62. The standard InChI is InChI=1S/C30H24O4/c1-7-20-14-21(9-13-28(20)34-30(32)18(4)5)22-8-11-24-25-12-10-23(33-29(31)17(2)3)16-27(25)19(6)26(24)15-22/h7-16H,1-2,4,6H2,3,5H3. The van der Waals surface area contributed by atoms with Gasteiger partial charge in [-0.2, -0.15) is 0 Å². The highest BCUT2D eigenvalue weighted by Crippen LogP contribution is 2.46. The van der Waals surface area contributed by atoms with Crippen molar-refractivity contribution in [2.24, 2.45) is 0 Å². The Labute approximate surface area is 199 Å². The molecule has 1 aliphatic rings. The van der Waals surface area contributed by atoms with Gasteiger partial charge in [0, 0.05) is 16.7 Å². The molecule has 3 aromatic rings. The Hall–Kier alpha value is -4.44. The van der Waals surface area contributed by atoms with Crippen LogP contribution in [0.25, 0.3) is 33.9 Å². The van der Waals surface area contributed by atoms with Crippen LogP contribution < -0.4 is 9.47 Å². The Balaban J connectivity index is 1.66. The Bertz CT molecular complexity index is 1420. The zero-order chi connectivity index (χ0) is 24.6. The van der Waals surface area contributed by atoms with Gasteiger partial charge < -0.3 is 9.47 Å². The molecule has 0 saturated heterocycles. The summed E-state index contributed by atoms with van der Waals surface area (Å²) in [6.07, 6.45) is 1.65. The van der Waals surface area contributed by atoms with E-state index >= 15 is 0 Å². The van der Waals surface area contributed by atoms with E-state index in [1.165, 1.54) is 0 Å². The van der Waals surface area contributed by atoms with Crippen LogP contribution in [0.1, 0.15) is 30.5 Å². The molecule has 0 unspecified atom stereocenters. The van der Waals surface area contributed by atoms with Crippen LogP contribution >= 0.6 is 0 Å². The number of carbonyl (C=O) groups is 2. The quantitative estimate of drug-likeness (QED) is 0.181. The molecule has 0 heterocycles. The first-order chi connectivity index (χ1) is 16.2. The van der Waals surface area contributed by atoms with Gasteiger partial charge in [0.15, 0.2) is 0 Å². The second-order valence-corrected chi connectivity index (χ2v) is 8.24. The highest BCUT2D eigenvalue weighted by molar-refractivity contribution is 6.02. The summed E-state index contributed by atoms with van der Waals surface area (Å²) in [6.45, 7) is 18.6. The Morgan fingerprint density at radius 1 is 0.735 bits per heavy atom. The molecule has 3 aromatic carbocycles. The highest BCUT2D eigenvalue weighted by Gasteiger charge is 2.24. The lowest BCUT2D eigenvalue weighted by Gasteiger charge is -2.11. The van der Waals surface area contributed by atoms with E-state index < -0.39 is 11.9 Å². The lowest BCUT2D eigenvalue weighted by Crippen LogP contribution is -2.09. The fourth-order valence-corrected chi connectivity index (χ4v) is 3.79. The third-order valence-corrected chi connectivity index (χ3v) is 5.62. The first kappa shape index (κ1) is 22.7. The van der Waals surface area contributed by atoms with Crippen molar-refractivity contribution in [3.8, 4) is 33.8 Å². The second-order valence-electron chi connectivity index (χ2n) is 8.24. The van der Waals surface area contributed by atoms with Crippen LogP contribution in [0.15, 0.2) is 92.1 Å². The van der Waals surface area contributed by atoms with Crippen molar-refractivity contribution in [1.82, 2.24) is 0 Å². The molecule has 0 aromatic heterocycles. The number of benzene rings is 3. The molecule has 0 fully saturated rings. The smallest absolute Gasteiger partial charge is 0.338 e. The molecule has 168 valence electrons. The van der Waals surface area contributed by atoms with Crippen molar-refractivity contribution in [3.05, 3.63) is 109 Å². The summed E-state index contributed by atoms with van der Waals surface area (Å²) in [5, 5.41) is 0. The van der Waals surface area contributed by atoms with Gasteiger partial charge in [-0.25, -0.2) is 9.59 Å². The van der Waals surface area contributed by atoms with Crippen LogP contribution in [0, 0.1) is 0 Å². The van der Waals surface area contributed by atoms with Crippen LogP contribution in [0.3, 0.4) is 0 Å². The summed E-state index contributed by atoms with van der Waals surface area (Å²) >= 11 is 0. The van der Waals surface area contributed by atoms with Gasteiger partial charge in [-0.3, -0.25) is 0 Å². The largest absolute Gasteiger partial charge is 0.423 e. The molecule has 0 atom stereocenters. The SMILES string of the molecule is C=Cc1cc(-c2ccc3c(c2)C(=C)c2cc(OC(=O)C(=C)C)ccc2-3)ccc1OC(=O)C(=C)C.